The summed E-state index contributed by atoms with van der Waals surface area (Å²) in [6, 6.07) is 12.9. The van der Waals surface area contributed by atoms with E-state index in [9.17, 15) is 19.1 Å². The van der Waals surface area contributed by atoms with Crippen LogP contribution in [0.2, 0.25) is 0 Å². The summed E-state index contributed by atoms with van der Waals surface area (Å²) in [5, 5.41) is 12.7. The lowest BCUT2D eigenvalue weighted by molar-refractivity contribution is -0.127. The van der Waals surface area contributed by atoms with E-state index in [1.807, 2.05) is 0 Å². The van der Waals surface area contributed by atoms with E-state index in [2.05, 4.69) is 41.5 Å². The standard InChI is InChI=1S/C27H29FN2O3/c1-27-14-13-18-17-6-3-2-5-16(17)9-10-19(18)25(27)20(21(15-31)26(27)33)11-12-24(32)30-23-8-4-7-22(28)29-23/h2-8,15,18-20,25,31H,9-14H2,1H3,(H,29,30,32)/b21-15-/t18?,19?,20-,25?,27+/m1/s1. The molecule has 1 aromatic carbocycles. The molecule has 1 aromatic heterocycles. The van der Waals surface area contributed by atoms with Gasteiger partial charge in [-0.2, -0.15) is 4.39 Å². The number of hydrogen-bond donors (Lipinski definition) is 2. The minimum atomic E-state index is -0.652. The number of allylic oxidation sites excluding steroid dienone is 1. The summed E-state index contributed by atoms with van der Waals surface area (Å²) in [5.74, 6) is -0.0393. The van der Waals surface area contributed by atoms with Crippen molar-refractivity contribution in [3.05, 3.63) is 71.4 Å². The monoisotopic (exact) mass is 448 g/mol. The third-order valence-electron chi connectivity index (χ3n) is 8.31. The number of aromatic nitrogens is 1. The molecule has 5 rings (SSSR count). The Balaban J connectivity index is 1.39. The molecule has 3 aliphatic rings. The first kappa shape index (κ1) is 21.8. The van der Waals surface area contributed by atoms with Gasteiger partial charge in [-0.15, -0.1) is 0 Å². The van der Waals surface area contributed by atoms with E-state index in [1.54, 1.807) is 6.07 Å². The molecule has 0 spiro atoms. The Labute approximate surface area is 193 Å². The van der Waals surface area contributed by atoms with Crippen LogP contribution in [-0.4, -0.2) is 21.8 Å². The molecule has 3 unspecified atom stereocenters. The first-order valence-corrected chi connectivity index (χ1v) is 11.8. The largest absolute Gasteiger partial charge is 0.515 e. The van der Waals surface area contributed by atoms with Crippen LogP contribution >= 0.6 is 0 Å². The van der Waals surface area contributed by atoms with Crippen LogP contribution in [0.3, 0.4) is 0 Å². The zero-order valence-electron chi connectivity index (χ0n) is 18.8. The zero-order chi connectivity index (χ0) is 23.2. The summed E-state index contributed by atoms with van der Waals surface area (Å²) in [6.07, 6.45) is 5.39. The van der Waals surface area contributed by atoms with E-state index in [1.165, 1.54) is 23.3 Å². The van der Waals surface area contributed by atoms with E-state index in [0.29, 0.717) is 23.8 Å². The Morgan fingerprint density at radius 2 is 2.06 bits per heavy atom. The van der Waals surface area contributed by atoms with Crippen LogP contribution in [0.25, 0.3) is 0 Å². The number of Topliss-reactive ketones (excluding diaryl/α,β-unsaturated/α-hetero) is 1. The van der Waals surface area contributed by atoms with Gasteiger partial charge in [0.15, 0.2) is 5.78 Å². The van der Waals surface area contributed by atoms with Crippen molar-refractivity contribution in [2.75, 3.05) is 5.32 Å². The van der Waals surface area contributed by atoms with E-state index in [-0.39, 0.29) is 35.8 Å². The number of anilines is 1. The molecule has 0 bridgehead atoms. The van der Waals surface area contributed by atoms with Crippen molar-refractivity contribution in [3.8, 4) is 0 Å². The summed E-state index contributed by atoms with van der Waals surface area (Å²) in [6.45, 7) is 2.05. The van der Waals surface area contributed by atoms with Gasteiger partial charge in [0.05, 0.1) is 6.26 Å². The molecule has 5 nitrogen and oxygen atoms in total. The average molecular weight is 449 g/mol. The number of carbonyl (C=O) groups is 2. The first-order chi connectivity index (χ1) is 15.9. The van der Waals surface area contributed by atoms with Gasteiger partial charge in [0.2, 0.25) is 11.9 Å². The van der Waals surface area contributed by atoms with Gasteiger partial charge < -0.3 is 10.4 Å². The van der Waals surface area contributed by atoms with Gasteiger partial charge >= 0.3 is 0 Å². The second-order valence-electron chi connectivity index (χ2n) is 9.94. The minimum absolute atomic E-state index is 0.0320. The number of benzene rings is 1. The van der Waals surface area contributed by atoms with Gasteiger partial charge in [0.25, 0.3) is 0 Å². The Kier molecular flexibility index (Phi) is 5.55. The summed E-state index contributed by atoms with van der Waals surface area (Å²) >= 11 is 0. The fourth-order valence-electron chi connectivity index (χ4n) is 6.93. The maximum atomic E-state index is 13.4. The lowest BCUT2D eigenvalue weighted by Gasteiger charge is -2.49. The predicted molar refractivity (Wildman–Crippen MR) is 123 cm³/mol. The molecule has 0 aliphatic heterocycles. The quantitative estimate of drug-likeness (QED) is 0.376. The smallest absolute Gasteiger partial charge is 0.225 e. The van der Waals surface area contributed by atoms with Gasteiger partial charge in [0, 0.05) is 17.4 Å². The number of aliphatic hydroxyl groups excluding tert-OH is 1. The summed E-state index contributed by atoms with van der Waals surface area (Å²) in [7, 11) is 0. The Hall–Kier alpha value is -3.02. The first-order valence-electron chi connectivity index (χ1n) is 11.8. The lowest BCUT2D eigenvalue weighted by atomic mass is 9.54. The maximum Gasteiger partial charge on any atom is 0.225 e. The molecule has 6 heteroatoms. The highest BCUT2D eigenvalue weighted by Gasteiger charge is 2.60. The van der Waals surface area contributed by atoms with E-state index >= 15 is 0 Å². The number of hydrogen-bond acceptors (Lipinski definition) is 4. The average Bonchev–Trinajstić information content (AvgIpc) is 3.03. The number of fused-ring (bicyclic) bond motifs is 5. The summed E-state index contributed by atoms with van der Waals surface area (Å²) in [5.41, 5.74) is 2.76. The van der Waals surface area contributed by atoms with Crippen molar-refractivity contribution >= 4 is 17.5 Å². The van der Waals surface area contributed by atoms with Gasteiger partial charge in [-0.05, 0) is 79.0 Å². The van der Waals surface area contributed by atoms with Crippen LogP contribution in [0.15, 0.2) is 54.3 Å². The molecule has 2 fully saturated rings. The van der Waals surface area contributed by atoms with Crippen molar-refractivity contribution in [1.82, 2.24) is 4.98 Å². The highest BCUT2D eigenvalue weighted by Crippen LogP contribution is 2.63. The number of carbonyl (C=O) groups excluding carboxylic acids is 2. The number of nitrogens with zero attached hydrogens (tertiary/aromatic N) is 1. The molecule has 172 valence electrons. The van der Waals surface area contributed by atoms with Crippen LogP contribution in [0.5, 0.6) is 0 Å². The third kappa shape index (κ3) is 3.65. The van der Waals surface area contributed by atoms with Crippen LogP contribution in [0, 0.1) is 29.1 Å². The van der Waals surface area contributed by atoms with E-state index < -0.39 is 11.4 Å². The lowest BCUT2D eigenvalue weighted by Crippen LogP contribution is -2.44. The number of pyridine rings is 1. The molecular weight excluding hydrogens is 419 g/mol. The van der Waals surface area contributed by atoms with Gasteiger partial charge in [0.1, 0.15) is 5.82 Å². The van der Waals surface area contributed by atoms with E-state index in [0.717, 1.165) is 31.9 Å². The van der Waals surface area contributed by atoms with Crippen LogP contribution in [0.4, 0.5) is 10.2 Å². The number of halogens is 1. The Bertz CT molecular complexity index is 1130. The molecule has 33 heavy (non-hydrogen) atoms. The second-order valence-corrected chi connectivity index (χ2v) is 9.94. The highest BCUT2D eigenvalue weighted by atomic mass is 19.1. The van der Waals surface area contributed by atoms with Crippen molar-refractivity contribution in [2.45, 2.75) is 51.4 Å². The molecule has 2 saturated carbocycles. The molecule has 3 aliphatic carbocycles. The van der Waals surface area contributed by atoms with Crippen LogP contribution in [-0.2, 0) is 16.0 Å². The number of nitrogens with one attached hydrogen (secondary N) is 1. The van der Waals surface area contributed by atoms with Gasteiger partial charge in [-0.1, -0.05) is 37.3 Å². The highest BCUT2D eigenvalue weighted by molar-refractivity contribution is 6.03. The summed E-state index contributed by atoms with van der Waals surface area (Å²) < 4.78 is 13.3. The molecule has 1 heterocycles. The van der Waals surface area contributed by atoms with E-state index in [4.69, 9.17) is 0 Å². The van der Waals surface area contributed by atoms with Crippen molar-refractivity contribution in [3.63, 3.8) is 0 Å². The topological polar surface area (TPSA) is 79.3 Å². The number of aryl methyl sites for hydroxylation is 1. The van der Waals surface area contributed by atoms with Crippen molar-refractivity contribution in [1.29, 1.82) is 0 Å². The molecule has 5 atom stereocenters. The fourth-order valence-corrected chi connectivity index (χ4v) is 6.93. The number of rotatable bonds is 4. The molecule has 0 radical (unpaired) electrons. The minimum Gasteiger partial charge on any atom is -0.515 e. The van der Waals surface area contributed by atoms with Crippen molar-refractivity contribution in [2.24, 2.45) is 23.2 Å². The molecular formula is C27H29FN2O3. The summed E-state index contributed by atoms with van der Waals surface area (Å²) in [4.78, 5) is 29.7. The van der Waals surface area contributed by atoms with Crippen LogP contribution in [0.1, 0.15) is 56.1 Å². The maximum absolute atomic E-state index is 13.4. The molecule has 2 N–H and O–H groups in total. The Morgan fingerprint density at radius 1 is 1.24 bits per heavy atom. The molecule has 2 aromatic rings. The number of ketones is 1. The van der Waals surface area contributed by atoms with Gasteiger partial charge in [-0.3, -0.25) is 9.59 Å². The second kappa shape index (κ2) is 8.40. The third-order valence-corrected chi connectivity index (χ3v) is 8.31. The number of aliphatic hydroxyl groups is 1. The van der Waals surface area contributed by atoms with Crippen molar-refractivity contribution < 1.29 is 19.1 Å². The molecule has 1 amide bonds. The normalized spacial score (nSPS) is 31.6. The fraction of sp³-hybridized carbons (Fsp3) is 0.444. The van der Waals surface area contributed by atoms with Crippen LogP contribution < -0.4 is 5.32 Å². The van der Waals surface area contributed by atoms with Gasteiger partial charge in [-0.25, -0.2) is 4.98 Å². The number of amides is 1. The molecule has 0 saturated heterocycles. The predicted octanol–water partition coefficient (Wildman–Crippen LogP) is 5.34. The zero-order valence-corrected chi connectivity index (χ0v) is 18.8. The SMILES string of the molecule is C[C@]12CCC3c4ccccc4CCC3C1[C@H](CCC(=O)Nc1cccc(F)n1)/C(=C/O)C2=O. The Morgan fingerprint density at radius 3 is 2.85 bits per heavy atom.